The molecule has 0 saturated carbocycles. The number of benzene rings is 1. The van der Waals surface area contributed by atoms with Gasteiger partial charge in [0.15, 0.2) is 0 Å². The second-order valence-electron chi connectivity index (χ2n) is 7.46. The van der Waals surface area contributed by atoms with Gasteiger partial charge in [0.2, 0.25) is 5.91 Å². The zero-order valence-electron chi connectivity index (χ0n) is 16.7. The van der Waals surface area contributed by atoms with Gasteiger partial charge < -0.3 is 25.7 Å². The lowest BCUT2D eigenvalue weighted by Gasteiger charge is -2.22. The first-order valence-electron chi connectivity index (χ1n) is 9.41. The van der Waals surface area contributed by atoms with Crippen LogP contribution in [0.3, 0.4) is 0 Å². The Kier molecular flexibility index (Phi) is 4.84. The SMILES string of the molecule is COc1ccc2c(c1)c(CC(N)=O)c(C)n2-c1sc2c(c1C(N)=O)CCN(C)C2. The monoisotopic (exact) mass is 412 g/mol. The quantitative estimate of drug-likeness (QED) is 0.670. The fraction of sp³-hybridized carbons (Fsp3) is 0.333. The van der Waals surface area contributed by atoms with E-state index < -0.39 is 11.8 Å². The van der Waals surface area contributed by atoms with Gasteiger partial charge in [-0.2, -0.15) is 0 Å². The van der Waals surface area contributed by atoms with E-state index in [1.807, 2.05) is 29.7 Å². The summed E-state index contributed by atoms with van der Waals surface area (Å²) in [6, 6.07) is 5.72. The van der Waals surface area contributed by atoms with Crippen molar-refractivity contribution in [1.82, 2.24) is 9.47 Å². The van der Waals surface area contributed by atoms with Crippen LogP contribution < -0.4 is 16.2 Å². The summed E-state index contributed by atoms with van der Waals surface area (Å²) >= 11 is 1.59. The number of ether oxygens (including phenoxy) is 1. The van der Waals surface area contributed by atoms with Crippen molar-refractivity contribution < 1.29 is 14.3 Å². The third kappa shape index (κ3) is 3.18. The third-order valence-corrected chi connectivity index (χ3v) is 6.77. The van der Waals surface area contributed by atoms with Gasteiger partial charge in [-0.25, -0.2) is 0 Å². The van der Waals surface area contributed by atoms with E-state index in [2.05, 4.69) is 11.9 Å². The summed E-state index contributed by atoms with van der Waals surface area (Å²) in [6.07, 6.45) is 0.906. The molecule has 0 spiro atoms. The van der Waals surface area contributed by atoms with Crippen LogP contribution in [-0.4, -0.2) is 42.0 Å². The summed E-state index contributed by atoms with van der Waals surface area (Å²) in [5.74, 6) is -0.131. The van der Waals surface area contributed by atoms with E-state index in [0.717, 1.165) is 57.1 Å². The molecule has 3 heterocycles. The van der Waals surface area contributed by atoms with Crippen LogP contribution in [0.25, 0.3) is 15.9 Å². The maximum Gasteiger partial charge on any atom is 0.252 e. The summed E-state index contributed by atoms with van der Waals surface area (Å²) in [5.41, 5.74) is 15.6. The number of carbonyl (C=O) groups excluding carboxylic acids is 2. The molecule has 2 aromatic heterocycles. The molecule has 1 aliphatic heterocycles. The summed E-state index contributed by atoms with van der Waals surface area (Å²) in [4.78, 5) is 27.6. The van der Waals surface area contributed by atoms with E-state index in [4.69, 9.17) is 16.2 Å². The third-order valence-electron chi connectivity index (χ3n) is 5.57. The first-order chi connectivity index (χ1) is 13.8. The number of thiophene rings is 1. The standard InChI is InChI=1S/C21H24N4O3S/c1-11-14(9-18(22)26)15-8-12(28-3)4-5-16(15)25(11)21-19(20(23)27)13-6-7-24(2)10-17(13)29-21/h4-5,8H,6-7,9-10H2,1-3H3,(H2,22,26)(H2,23,27). The summed E-state index contributed by atoms with van der Waals surface area (Å²) in [6.45, 7) is 3.62. The topological polar surface area (TPSA) is 104 Å². The van der Waals surface area contributed by atoms with Crippen molar-refractivity contribution in [3.05, 3.63) is 45.5 Å². The first kappa shape index (κ1) is 19.5. The molecule has 1 aromatic carbocycles. The van der Waals surface area contributed by atoms with Crippen molar-refractivity contribution in [2.45, 2.75) is 26.3 Å². The molecule has 8 heteroatoms. The minimum atomic E-state index is -0.423. The van der Waals surface area contributed by atoms with Gasteiger partial charge in [-0.3, -0.25) is 9.59 Å². The van der Waals surface area contributed by atoms with Crippen LogP contribution in [-0.2, 0) is 24.2 Å². The summed E-state index contributed by atoms with van der Waals surface area (Å²) < 4.78 is 7.41. The molecule has 0 bridgehead atoms. The van der Waals surface area contributed by atoms with E-state index in [1.165, 1.54) is 0 Å². The molecule has 2 amide bonds. The number of methoxy groups -OCH3 is 1. The van der Waals surface area contributed by atoms with E-state index in [9.17, 15) is 9.59 Å². The number of primary amides is 2. The van der Waals surface area contributed by atoms with Crippen LogP contribution in [0.1, 0.15) is 32.1 Å². The Hall–Kier alpha value is -2.84. The number of hydrogen-bond acceptors (Lipinski definition) is 5. The molecule has 0 fully saturated rings. The number of aromatic nitrogens is 1. The smallest absolute Gasteiger partial charge is 0.252 e. The highest BCUT2D eigenvalue weighted by atomic mass is 32.1. The Labute approximate surface area is 172 Å². The predicted octanol–water partition coefficient (Wildman–Crippen LogP) is 2.12. The Morgan fingerprint density at radius 2 is 2.03 bits per heavy atom. The largest absolute Gasteiger partial charge is 0.497 e. The Morgan fingerprint density at radius 1 is 1.28 bits per heavy atom. The van der Waals surface area contributed by atoms with Crippen LogP contribution in [0.4, 0.5) is 0 Å². The van der Waals surface area contributed by atoms with Crippen molar-refractivity contribution in [3.63, 3.8) is 0 Å². The molecule has 0 saturated heterocycles. The van der Waals surface area contributed by atoms with Crippen molar-refractivity contribution in [1.29, 1.82) is 0 Å². The molecule has 0 atom stereocenters. The fourth-order valence-electron chi connectivity index (χ4n) is 4.18. The zero-order valence-corrected chi connectivity index (χ0v) is 17.6. The number of amides is 2. The summed E-state index contributed by atoms with van der Waals surface area (Å²) in [5, 5.41) is 1.70. The van der Waals surface area contributed by atoms with Gasteiger partial charge >= 0.3 is 0 Å². The molecular formula is C21H24N4O3S. The molecule has 4 rings (SSSR count). The molecule has 0 unspecified atom stereocenters. The predicted molar refractivity (Wildman–Crippen MR) is 114 cm³/mol. The second-order valence-corrected chi connectivity index (χ2v) is 8.55. The number of fused-ring (bicyclic) bond motifs is 2. The lowest BCUT2D eigenvalue weighted by atomic mass is 10.0. The highest BCUT2D eigenvalue weighted by Crippen LogP contribution is 2.40. The highest BCUT2D eigenvalue weighted by Gasteiger charge is 2.29. The van der Waals surface area contributed by atoms with Crippen LogP contribution in [0.2, 0.25) is 0 Å². The number of rotatable bonds is 5. The number of nitrogens with zero attached hydrogens (tertiary/aromatic N) is 2. The van der Waals surface area contributed by atoms with Gasteiger partial charge in [0.05, 0.1) is 24.6 Å². The van der Waals surface area contributed by atoms with Crippen molar-refractivity contribution in [2.75, 3.05) is 20.7 Å². The van der Waals surface area contributed by atoms with Gasteiger partial charge in [-0.05, 0) is 49.7 Å². The molecule has 0 aliphatic carbocycles. The Balaban J connectivity index is 2.03. The molecule has 3 aromatic rings. The van der Waals surface area contributed by atoms with Crippen molar-refractivity contribution >= 4 is 34.1 Å². The van der Waals surface area contributed by atoms with Gasteiger partial charge in [-0.1, -0.05) is 0 Å². The highest BCUT2D eigenvalue weighted by molar-refractivity contribution is 7.15. The maximum absolute atomic E-state index is 12.4. The molecule has 0 radical (unpaired) electrons. The van der Waals surface area contributed by atoms with Crippen LogP contribution in [0, 0.1) is 6.92 Å². The number of likely N-dealkylation sites (N-methyl/N-ethyl adjacent to an activating group) is 1. The van der Waals surface area contributed by atoms with Crippen molar-refractivity contribution in [3.8, 4) is 10.8 Å². The van der Waals surface area contributed by atoms with Crippen LogP contribution >= 0.6 is 11.3 Å². The van der Waals surface area contributed by atoms with E-state index >= 15 is 0 Å². The molecule has 7 nitrogen and oxygen atoms in total. The van der Waals surface area contributed by atoms with E-state index in [-0.39, 0.29) is 6.42 Å². The molecule has 4 N–H and O–H groups in total. The van der Waals surface area contributed by atoms with Gasteiger partial charge in [-0.15, -0.1) is 11.3 Å². The minimum absolute atomic E-state index is 0.113. The van der Waals surface area contributed by atoms with Crippen molar-refractivity contribution in [2.24, 2.45) is 11.5 Å². The minimum Gasteiger partial charge on any atom is -0.497 e. The van der Waals surface area contributed by atoms with Crippen LogP contribution in [0.5, 0.6) is 5.75 Å². The fourth-order valence-corrected chi connectivity index (χ4v) is 5.67. The lowest BCUT2D eigenvalue weighted by Crippen LogP contribution is -2.27. The maximum atomic E-state index is 12.4. The summed E-state index contributed by atoms with van der Waals surface area (Å²) in [7, 11) is 3.67. The zero-order chi connectivity index (χ0) is 20.9. The van der Waals surface area contributed by atoms with E-state index in [1.54, 1.807) is 18.4 Å². The Bertz CT molecular complexity index is 1140. The molecule has 29 heavy (non-hydrogen) atoms. The van der Waals surface area contributed by atoms with Gasteiger partial charge in [0, 0.05) is 29.0 Å². The van der Waals surface area contributed by atoms with Gasteiger partial charge in [0.1, 0.15) is 10.8 Å². The van der Waals surface area contributed by atoms with Gasteiger partial charge in [0.25, 0.3) is 5.91 Å². The lowest BCUT2D eigenvalue weighted by molar-refractivity contribution is -0.117. The van der Waals surface area contributed by atoms with Crippen LogP contribution in [0.15, 0.2) is 18.2 Å². The average molecular weight is 413 g/mol. The normalized spacial score (nSPS) is 14.2. The molecule has 1 aliphatic rings. The average Bonchev–Trinajstić information content (AvgIpc) is 3.16. The number of nitrogens with two attached hydrogens (primary N) is 2. The number of hydrogen-bond donors (Lipinski definition) is 2. The second kappa shape index (κ2) is 7.20. The Morgan fingerprint density at radius 3 is 2.69 bits per heavy atom. The van der Waals surface area contributed by atoms with E-state index in [0.29, 0.717) is 11.3 Å². The first-order valence-corrected chi connectivity index (χ1v) is 10.2. The molecule has 152 valence electrons. The molecular weight excluding hydrogens is 388 g/mol. The number of carbonyl (C=O) groups is 2.